The number of amides is 1. The standard InChI is InChI=1S/C18H20N2O5S/c1-12-13(18(22)25-3)9-7-10-15(12)19-17(21)14-8-5-6-11-16(14)20(2)26(4,23)24/h5-11H,1-4H3,(H,19,21). The smallest absolute Gasteiger partial charge is 0.338 e. The topological polar surface area (TPSA) is 92.8 Å². The van der Waals surface area contributed by atoms with Gasteiger partial charge in [-0.1, -0.05) is 18.2 Å². The number of carbonyl (C=O) groups excluding carboxylic acids is 2. The zero-order valence-electron chi connectivity index (χ0n) is 14.9. The molecule has 1 amide bonds. The first kappa shape index (κ1) is 19.5. The predicted molar refractivity (Wildman–Crippen MR) is 100 cm³/mol. The number of methoxy groups -OCH3 is 1. The predicted octanol–water partition coefficient (Wildman–Crippen LogP) is 2.43. The molecule has 0 aliphatic carbocycles. The van der Waals surface area contributed by atoms with Crippen molar-refractivity contribution in [2.75, 3.05) is 30.0 Å². The van der Waals surface area contributed by atoms with Crippen molar-refractivity contribution in [1.29, 1.82) is 0 Å². The molecule has 7 nitrogen and oxygen atoms in total. The lowest BCUT2D eigenvalue weighted by Gasteiger charge is -2.20. The number of hydrogen-bond acceptors (Lipinski definition) is 5. The van der Waals surface area contributed by atoms with E-state index in [0.717, 1.165) is 10.6 Å². The molecule has 0 spiro atoms. The summed E-state index contributed by atoms with van der Waals surface area (Å²) in [5.74, 6) is -0.989. The minimum absolute atomic E-state index is 0.197. The number of nitrogens with one attached hydrogen (secondary N) is 1. The van der Waals surface area contributed by atoms with Crippen LogP contribution in [0, 0.1) is 6.92 Å². The van der Waals surface area contributed by atoms with Crippen molar-refractivity contribution in [2.45, 2.75) is 6.92 Å². The van der Waals surface area contributed by atoms with E-state index in [9.17, 15) is 18.0 Å². The van der Waals surface area contributed by atoms with Gasteiger partial charge >= 0.3 is 5.97 Å². The first-order chi connectivity index (χ1) is 12.2. The normalized spacial score (nSPS) is 10.9. The highest BCUT2D eigenvalue weighted by molar-refractivity contribution is 7.92. The highest BCUT2D eigenvalue weighted by atomic mass is 32.2. The third-order valence-corrected chi connectivity index (χ3v) is 5.16. The third-order valence-electron chi connectivity index (χ3n) is 3.97. The van der Waals surface area contributed by atoms with Crippen molar-refractivity contribution < 1.29 is 22.7 Å². The molecule has 0 aliphatic rings. The van der Waals surface area contributed by atoms with Crippen LogP contribution in [0.15, 0.2) is 42.5 Å². The first-order valence-electron chi connectivity index (χ1n) is 7.69. The van der Waals surface area contributed by atoms with E-state index in [1.54, 1.807) is 43.3 Å². The van der Waals surface area contributed by atoms with Crippen LogP contribution in [0.25, 0.3) is 0 Å². The van der Waals surface area contributed by atoms with E-state index in [1.807, 2.05) is 0 Å². The molecule has 0 heterocycles. The maximum atomic E-state index is 12.7. The largest absolute Gasteiger partial charge is 0.465 e. The van der Waals surface area contributed by atoms with Gasteiger partial charge in [0.25, 0.3) is 5.91 Å². The van der Waals surface area contributed by atoms with Crippen LogP contribution in [0.2, 0.25) is 0 Å². The van der Waals surface area contributed by atoms with Crippen molar-refractivity contribution in [3.05, 3.63) is 59.2 Å². The average molecular weight is 376 g/mol. The summed E-state index contributed by atoms with van der Waals surface area (Å²) in [5.41, 5.74) is 1.79. The number of nitrogens with zero attached hydrogens (tertiary/aromatic N) is 1. The Morgan fingerprint density at radius 3 is 2.27 bits per heavy atom. The Morgan fingerprint density at radius 2 is 1.65 bits per heavy atom. The Labute approximate surface area is 152 Å². The minimum atomic E-state index is -3.52. The maximum absolute atomic E-state index is 12.7. The number of hydrogen-bond donors (Lipinski definition) is 1. The van der Waals surface area contributed by atoms with E-state index in [1.165, 1.54) is 20.2 Å². The van der Waals surface area contributed by atoms with Gasteiger partial charge in [0.1, 0.15) is 0 Å². The quantitative estimate of drug-likeness (QED) is 0.809. The number of esters is 1. The number of carbonyl (C=O) groups is 2. The summed E-state index contributed by atoms with van der Waals surface area (Å²) in [6.45, 7) is 1.69. The van der Waals surface area contributed by atoms with E-state index >= 15 is 0 Å². The van der Waals surface area contributed by atoms with Crippen LogP contribution in [0.1, 0.15) is 26.3 Å². The molecule has 0 unspecified atom stereocenters. The van der Waals surface area contributed by atoms with Crippen molar-refractivity contribution in [3.8, 4) is 0 Å². The lowest BCUT2D eigenvalue weighted by atomic mass is 10.1. The van der Waals surface area contributed by atoms with Gasteiger partial charge in [-0.05, 0) is 36.8 Å². The summed E-state index contributed by atoms with van der Waals surface area (Å²) < 4.78 is 29.4. The van der Waals surface area contributed by atoms with Crippen LogP contribution in [-0.4, -0.2) is 40.7 Å². The molecule has 0 aromatic heterocycles. The average Bonchev–Trinajstić information content (AvgIpc) is 2.61. The molecule has 2 rings (SSSR count). The molecule has 0 fully saturated rings. The van der Waals surface area contributed by atoms with Crippen LogP contribution in [0.4, 0.5) is 11.4 Å². The monoisotopic (exact) mass is 376 g/mol. The fourth-order valence-electron chi connectivity index (χ4n) is 2.41. The van der Waals surface area contributed by atoms with E-state index < -0.39 is 21.9 Å². The van der Waals surface area contributed by atoms with E-state index in [0.29, 0.717) is 16.8 Å². The van der Waals surface area contributed by atoms with Gasteiger partial charge in [-0.25, -0.2) is 13.2 Å². The van der Waals surface area contributed by atoms with Crippen LogP contribution in [0.5, 0.6) is 0 Å². The molecule has 0 radical (unpaired) electrons. The zero-order chi connectivity index (χ0) is 19.5. The zero-order valence-corrected chi connectivity index (χ0v) is 15.8. The van der Waals surface area contributed by atoms with Crippen LogP contribution >= 0.6 is 0 Å². The van der Waals surface area contributed by atoms with Crippen molar-refractivity contribution in [2.24, 2.45) is 0 Å². The molecule has 2 aromatic rings. The number of rotatable bonds is 5. The summed E-state index contributed by atoms with van der Waals surface area (Å²) in [6.07, 6.45) is 1.06. The number of sulfonamides is 1. The molecule has 0 saturated heterocycles. The molecule has 26 heavy (non-hydrogen) atoms. The molecule has 8 heteroatoms. The molecule has 0 aliphatic heterocycles. The Morgan fingerprint density at radius 1 is 1.04 bits per heavy atom. The summed E-state index contributed by atoms with van der Waals surface area (Å²) in [6, 6.07) is 11.3. The number of ether oxygens (including phenoxy) is 1. The van der Waals surface area contributed by atoms with Crippen LogP contribution < -0.4 is 9.62 Å². The highest BCUT2D eigenvalue weighted by Gasteiger charge is 2.20. The van der Waals surface area contributed by atoms with Crippen molar-refractivity contribution >= 4 is 33.3 Å². The van der Waals surface area contributed by atoms with E-state index in [4.69, 9.17) is 4.74 Å². The second-order valence-electron chi connectivity index (χ2n) is 5.67. The number of anilines is 2. The van der Waals surface area contributed by atoms with Crippen LogP contribution in [0.3, 0.4) is 0 Å². The van der Waals surface area contributed by atoms with Gasteiger partial charge < -0.3 is 10.1 Å². The lowest BCUT2D eigenvalue weighted by molar-refractivity contribution is 0.0599. The fourth-order valence-corrected chi connectivity index (χ4v) is 2.93. The Kier molecular flexibility index (Phi) is 5.66. The summed E-state index contributed by atoms with van der Waals surface area (Å²) in [5, 5.41) is 2.72. The first-order valence-corrected chi connectivity index (χ1v) is 9.54. The van der Waals surface area contributed by atoms with Crippen molar-refractivity contribution in [1.82, 2.24) is 0 Å². The second-order valence-corrected chi connectivity index (χ2v) is 7.69. The molecule has 0 atom stereocenters. The lowest BCUT2D eigenvalue weighted by Crippen LogP contribution is -2.27. The molecular weight excluding hydrogens is 356 g/mol. The molecule has 0 saturated carbocycles. The van der Waals surface area contributed by atoms with E-state index in [2.05, 4.69) is 5.32 Å². The Balaban J connectivity index is 2.40. The molecule has 0 bridgehead atoms. The molecule has 1 N–H and O–H groups in total. The van der Waals surface area contributed by atoms with Gasteiger partial charge in [0.05, 0.1) is 30.2 Å². The highest BCUT2D eigenvalue weighted by Crippen LogP contribution is 2.25. The van der Waals surface area contributed by atoms with Gasteiger partial charge in [-0.3, -0.25) is 9.10 Å². The van der Waals surface area contributed by atoms with Crippen molar-refractivity contribution in [3.63, 3.8) is 0 Å². The summed E-state index contributed by atoms with van der Waals surface area (Å²) >= 11 is 0. The number of benzene rings is 2. The van der Waals surface area contributed by atoms with Gasteiger partial charge in [0, 0.05) is 12.7 Å². The van der Waals surface area contributed by atoms with E-state index in [-0.39, 0.29) is 11.3 Å². The SMILES string of the molecule is COC(=O)c1cccc(NC(=O)c2ccccc2N(C)S(C)(=O)=O)c1C. The molecular formula is C18H20N2O5S. The molecule has 138 valence electrons. The van der Waals surface area contributed by atoms with Gasteiger partial charge in [0.2, 0.25) is 10.0 Å². The summed E-state index contributed by atoms with van der Waals surface area (Å²) in [4.78, 5) is 24.5. The Hall–Kier alpha value is -2.87. The fraction of sp³-hybridized carbons (Fsp3) is 0.222. The second kappa shape index (κ2) is 7.57. The summed E-state index contributed by atoms with van der Waals surface area (Å²) in [7, 11) is -0.861. The minimum Gasteiger partial charge on any atom is -0.465 e. The Bertz CT molecular complexity index is 954. The maximum Gasteiger partial charge on any atom is 0.338 e. The third kappa shape index (κ3) is 4.02. The van der Waals surface area contributed by atoms with Crippen LogP contribution in [-0.2, 0) is 14.8 Å². The number of para-hydroxylation sites is 1. The van der Waals surface area contributed by atoms with Gasteiger partial charge in [-0.2, -0.15) is 0 Å². The van der Waals surface area contributed by atoms with Gasteiger partial charge in [-0.15, -0.1) is 0 Å². The molecule has 2 aromatic carbocycles. The van der Waals surface area contributed by atoms with Gasteiger partial charge in [0.15, 0.2) is 0 Å².